The van der Waals surface area contributed by atoms with Crippen molar-refractivity contribution in [2.75, 3.05) is 0 Å². The smallest absolute Gasteiger partial charge is 0.271 e. The summed E-state index contributed by atoms with van der Waals surface area (Å²) in [7, 11) is -3.65. The standard InChI is InChI=1S/C24H31N5O4S/c1-4-5-14-29-23(30)20(15-25)17(3)22(24(29)31)27-26-18-10-12-19(13-11-18)34(32,33)28-21-9-7-6-8-16(21)2/h10-13,16,21,28,31H,4-9,14H2,1-3H3. The van der Waals surface area contributed by atoms with Gasteiger partial charge in [0.05, 0.1) is 10.6 Å². The molecule has 1 aromatic heterocycles. The molecule has 1 saturated carbocycles. The molecule has 2 N–H and O–H groups in total. The summed E-state index contributed by atoms with van der Waals surface area (Å²) in [6.45, 7) is 5.82. The van der Waals surface area contributed by atoms with E-state index in [1.807, 2.05) is 13.0 Å². The number of aromatic nitrogens is 1. The van der Waals surface area contributed by atoms with Crippen molar-refractivity contribution in [3.05, 3.63) is 45.7 Å². The number of nitriles is 1. The Morgan fingerprint density at radius 1 is 1.21 bits per heavy atom. The molecule has 182 valence electrons. The van der Waals surface area contributed by atoms with Gasteiger partial charge in [-0.1, -0.05) is 33.1 Å². The minimum Gasteiger partial charge on any atom is -0.493 e. The molecule has 0 spiro atoms. The van der Waals surface area contributed by atoms with Gasteiger partial charge in [-0.05, 0) is 56.4 Å². The number of pyridine rings is 1. The summed E-state index contributed by atoms with van der Waals surface area (Å²) in [5.74, 6) is -0.0462. The van der Waals surface area contributed by atoms with Gasteiger partial charge in [0.2, 0.25) is 15.9 Å². The van der Waals surface area contributed by atoms with Gasteiger partial charge in [-0.15, -0.1) is 5.11 Å². The maximum absolute atomic E-state index is 12.8. The maximum atomic E-state index is 12.8. The van der Waals surface area contributed by atoms with Gasteiger partial charge < -0.3 is 5.11 Å². The average Bonchev–Trinajstić information content (AvgIpc) is 2.81. The molecule has 0 radical (unpaired) electrons. The van der Waals surface area contributed by atoms with Gasteiger partial charge in [-0.3, -0.25) is 9.36 Å². The lowest BCUT2D eigenvalue weighted by Gasteiger charge is -2.29. The molecule has 1 aliphatic carbocycles. The van der Waals surface area contributed by atoms with Gasteiger partial charge in [0, 0.05) is 18.2 Å². The molecule has 0 saturated heterocycles. The first-order chi connectivity index (χ1) is 16.2. The van der Waals surface area contributed by atoms with E-state index in [9.17, 15) is 23.6 Å². The third-order valence-corrected chi connectivity index (χ3v) is 7.84. The van der Waals surface area contributed by atoms with E-state index in [1.54, 1.807) is 0 Å². The number of benzene rings is 1. The number of hydrogen-bond acceptors (Lipinski definition) is 7. The SMILES string of the molecule is CCCCn1c(O)c(N=Nc2ccc(S(=O)(=O)NC3CCCCC3C)cc2)c(C)c(C#N)c1=O. The predicted molar refractivity (Wildman–Crippen MR) is 129 cm³/mol. The number of rotatable bonds is 8. The monoisotopic (exact) mass is 485 g/mol. The topological polar surface area (TPSA) is 137 Å². The van der Waals surface area contributed by atoms with Crippen molar-refractivity contribution in [3.8, 4) is 11.9 Å². The van der Waals surface area contributed by atoms with Crippen molar-refractivity contribution in [3.63, 3.8) is 0 Å². The molecular formula is C24H31N5O4S. The number of hydrogen-bond donors (Lipinski definition) is 2. The largest absolute Gasteiger partial charge is 0.493 e. The molecule has 0 amide bonds. The number of sulfonamides is 1. The summed E-state index contributed by atoms with van der Waals surface area (Å²) in [6.07, 6.45) is 5.45. The quantitative estimate of drug-likeness (QED) is 0.517. The van der Waals surface area contributed by atoms with E-state index in [0.717, 1.165) is 36.7 Å². The maximum Gasteiger partial charge on any atom is 0.271 e. The van der Waals surface area contributed by atoms with Gasteiger partial charge in [0.25, 0.3) is 5.56 Å². The molecule has 9 nitrogen and oxygen atoms in total. The van der Waals surface area contributed by atoms with Gasteiger partial charge in [0.1, 0.15) is 11.6 Å². The zero-order valence-electron chi connectivity index (χ0n) is 19.8. The predicted octanol–water partition coefficient (Wildman–Crippen LogP) is 4.81. The van der Waals surface area contributed by atoms with Crippen molar-refractivity contribution in [2.24, 2.45) is 16.1 Å². The van der Waals surface area contributed by atoms with Crippen LogP contribution in [-0.4, -0.2) is 24.1 Å². The summed E-state index contributed by atoms with van der Waals surface area (Å²) in [4.78, 5) is 12.7. The van der Waals surface area contributed by atoms with Gasteiger partial charge in [-0.2, -0.15) is 10.4 Å². The normalized spacial score (nSPS) is 18.8. The van der Waals surface area contributed by atoms with Crippen molar-refractivity contribution in [1.29, 1.82) is 5.26 Å². The third-order valence-electron chi connectivity index (χ3n) is 6.33. The van der Waals surface area contributed by atoms with Crippen LogP contribution in [0.4, 0.5) is 11.4 Å². The van der Waals surface area contributed by atoms with Crippen molar-refractivity contribution in [2.45, 2.75) is 76.8 Å². The fraction of sp³-hybridized carbons (Fsp3) is 0.500. The summed E-state index contributed by atoms with van der Waals surface area (Å²) in [5.41, 5.74) is 0.00329. The molecule has 3 rings (SSSR count). The van der Waals surface area contributed by atoms with Crippen LogP contribution in [0.1, 0.15) is 63.5 Å². The molecule has 34 heavy (non-hydrogen) atoms. The fourth-order valence-corrected chi connectivity index (χ4v) is 5.52. The summed E-state index contributed by atoms with van der Waals surface area (Å²) in [5, 5.41) is 28.2. The van der Waals surface area contributed by atoms with Crippen LogP contribution in [-0.2, 0) is 16.6 Å². The average molecular weight is 486 g/mol. The van der Waals surface area contributed by atoms with Crippen LogP contribution in [0.25, 0.3) is 0 Å². The van der Waals surface area contributed by atoms with Crippen LogP contribution in [0.2, 0.25) is 0 Å². The van der Waals surface area contributed by atoms with Crippen molar-refractivity contribution >= 4 is 21.4 Å². The molecule has 1 heterocycles. The van der Waals surface area contributed by atoms with Crippen LogP contribution in [0.3, 0.4) is 0 Å². The van der Waals surface area contributed by atoms with Crippen LogP contribution < -0.4 is 10.3 Å². The van der Waals surface area contributed by atoms with Crippen LogP contribution in [0, 0.1) is 24.2 Å². The number of nitrogens with one attached hydrogen (secondary N) is 1. The Bertz CT molecular complexity index is 1260. The first kappa shape index (κ1) is 25.6. The number of aromatic hydroxyl groups is 1. The molecule has 2 unspecified atom stereocenters. The highest BCUT2D eigenvalue weighted by Crippen LogP contribution is 2.32. The number of azo groups is 1. The molecule has 2 atom stereocenters. The Balaban J connectivity index is 1.85. The molecule has 2 aromatic rings. The second kappa shape index (κ2) is 10.9. The Kier molecular flexibility index (Phi) is 8.23. The van der Waals surface area contributed by atoms with Crippen molar-refractivity contribution in [1.82, 2.24) is 9.29 Å². The number of unbranched alkanes of at least 4 members (excludes halogenated alkanes) is 1. The first-order valence-electron chi connectivity index (χ1n) is 11.6. The molecule has 1 aromatic carbocycles. The molecule has 1 fully saturated rings. The Hall–Kier alpha value is -3.03. The Labute approximate surface area is 200 Å². The summed E-state index contributed by atoms with van der Waals surface area (Å²) >= 11 is 0. The minimum absolute atomic E-state index is 0.0388. The Morgan fingerprint density at radius 2 is 1.88 bits per heavy atom. The van der Waals surface area contributed by atoms with E-state index in [2.05, 4.69) is 21.9 Å². The lowest BCUT2D eigenvalue weighted by Crippen LogP contribution is -2.40. The van der Waals surface area contributed by atoms with E-state index < -0.39 is 15.6 Å². The summed E-state index contributed by atoms with van der Waals surface area (Å²) < 4.78 is 29.5. The zero-order chi connectivity index (χ0) is 24.9. The van der Waals surface area contributed by atoms with E-state index in [0.29, 0.717) is 18.0 Å². The Morgan fingerprint density at radius 3 is 2.50 bits per heavy atom. The van der Waals surface area contributed by atoms with Gasteiger partial charge >= 0.3 is 0 Å². The van der Waals surface area contributed by atoms with E-state index in [-0.39, 0.29) is 40.2 Å². The van der Waals surface area contributed by atoms with E-state index in [1.165, 1.54) is 31.2 Å². The third kappa shape index (κ3) is 5.54. The second-order valence-electron chi connectivity index (χ2n) is 8.78. The number of nitrogens with zero attached hydrogens (tertiary/aromatic N) is 4. The van der Waals surface area contributed by atoms with Gasteiger partial charge in [-0.25, -0.2) is 13.1 Å². The van der Waals surface area contributed by atoms with Crippen LogP contribution >= 0.6 is 0 Å². The van der Waals surface area contributed by atoms with Crippen molar-refractivity contribution < 1.29 is 13.5 Å². The lowest BCUT2D eigenvalue weighted by molar-refractivity contribution is 0.310. The summed E-state index contributed by atoms with van der Waals surface area (Å²) in [6, 6.07) is 7.78. The van der Waals surface area contributed by atoms with E-state index >= 15 is 0 Å². The minimum atomic E-state index is -3.65. The fourth-order valence-electron chi connectivity index (χ4n) is 4.14. The molecule has 0 bridgehead atoms. The zero-order valence-corrected chi connectivity index (χ0v) is 20.6. The molecule has 10 heteroatoms. The molecular weight excluding hydrogens is 454 g/mol. The second-order valence-corrected chi connectivity index (χ2v) is 10.5. The van der Waals surface area contributed by atoms with E-state index in [4.69, 9.17) is 0 Å². The first-order valence-corrected chi connectivity index (χ1v) is 13.1. The highest BCUT2D eigenvalue weighted by molar-refractivity contribution is 7.89. The molecule has 1 aliphatic rings. The highest BCUT2D eigenvalue weighted by Gasteiger charge is 2.26. The molecule has 0 aliphatic heterocycles. The van der Waals surface area contributed by atoms with Crippen LogP contribution in [0.5, 0.6) is 5.88 Å². The lowest BCUT2D eigenvalue weighted by atomic mass is 9.87. The van der Waals surface area contributed by atoms with Crippen LogP contribution in [0.15, 0.2) is 44.2 Å². The highest BCUT2D eigenvalue weighted by atomic mass is 32.2. The van der Waals surface area contributed by atoms with Gasteiger partial charge in [0.15, 0.2) is 5.69 Å².